The average Bonchev–Trinajstić information content (AvgIpc) is 2.38. The van der Waals surface area contributed by atoms with Crippen LogP contribution in [-0.4, -0.2) is 0 Å². The van der Waals surface area contributed by atoms with Crippen LogP contribution in [0.2, 0.25) is 0 Å². The zero-order valence-corrected chi connectivity index (χ0v) is 10.0. The molecule has 2 aromatic rings. The van der Waals surface area contributed by atoms with E-state index in [0.29, 0.717) is 6.61 Å². The van der Waals surface area contributed by atoms with Gasteiger partial charge in [-0.15, -0.1) is 0 Å². The Labute approximate surface area is 102 Å². The van der Waals surface area contributed by atoms with Crippen LogP contribution in [-0.2, 0) is 6.61 Å². The highest BCUT2D eigenvalue weighted by Crippen LogP contribution is 2.20. The lowest BCUT2D eigenvalue weighted by molar-refractivity contribution is 0.305. The van der Waals surface area contributed by atoms with Crippen LogP contribution in [0.4, 0.5) is 0 Å². The zero-order chi connectivity index (χ0) is 12.1. The third-order valence-electron chi connectivity index (χ3n) is 2.65. The second-order valence-corrected chi connectivity index (χ2v) is 4.02. The molecule has 0 heterocycles. The number of ether oxygens (including phenoxy) is 1. The highest BCUT2D eigenvalue weighted by Gasteiger charge is 1.99. The van der Waals surface area contributed by atoms with Crippen molar-refractivity contribution in [3.05, 3.63) is 71.8 Å². The third-order valence-corrected chi connectivity index (χ3v) is 2.65. The second-order valence-electron chi connectivity index (χ2n) is 4.02. The molecule has 0 aliphatic rings. The van der Waals surface area contributed by atoms with Crippen molar-refractivity contribution in [1.82, 2.24) is 0 Å². The van der Waals surface area contributed by atoms with Gasteiger partial charge in [0.15, 0.2) is 0 Å². The van der Waals surface area contributed by atoms with Crippen molar-refractivity contribution in [2.24, 2.45) is 0 Å². The minimum absolute atomic E-state index is 0.588. The summed E-state index contributed by atoms with van der Waals surface area (Å²) in [4.78, 5) is 0. The maximum Gasteiger partial charge on any atom is 0.127 e. The number of hydrogen-bond donors (Lipinski definition) is 0. The average molecular weight is 224 g/mol. The molecule has 17 heavy (non-hydrogen) atoms. The van der Waals surface area contributed by atoms with Gasteiger partial charge in [0.1, 0.15) is 12.4 Å². The first-order valence-corrected chi connectivity index (χ1v) is 5.69. The summed E-state index contributed by atoms with van der Waals surface area (Å²) in [7, 11) is 0. The maximum atomic E-state index is 5.78. The van der Waals surface area contributed by atoms with Gasteiger partial charge in [-0.05, 0) is 18.6 Å². The lowest BCUT2D eigenvalue weighted by atomic mass is 10.1. The molecule has 0 saturated carbocycles. The van der Waals surface area contributed by atoms with E-state index in [-0.39, 0.29) is 0 Å². The van der Waals surface area contributed by atoms with Crippen molar-refractivity contribution in [2.75, 3.05) is 0 Å². The predicted octanol–water partition coefficient (Wildman–Crippen LogP) is 4.22. The molecular formula is C16H16O. The lowest BCUT2D eigenvalue weighted by Gasteiger charge is -2.09. The molecule has 2 rings (SSSR count). The fraction of sp³-hybridized carbons (Fsp3) is 0.125. The van der Waals surface area contributed by atoms with Crippen LogP contribution < -0.4 is 4.74 Å². The van der Waals surface area contributed by atoms with Crippen LogP contribution in [0.3, 0.4) is 0 Å². The van der Waals surface area contributed by atoms with Crippen LogP contribution in [0.25, 0.3) is 6.08 Å². The minimum atomic E-state index is 0.588. The summed E-state index contributed by atoms with van der Waals surface area (Å²) >= 11 is 0. The summed E-state index contributed by atoms with van der Waals surface area (Å²) in [5, 5.41) is 0. The van der Waals surface area contributed by atoms with Gasteiger partial charge >= 0.3 is 0 Å². The summed E-state index contributed by atoms with van der Waals surface area (Å²) in [6.07, 6.45) is 1.81. The van der Waals surface area contributed by atoms with Gasteiger partial charge < -0.3 is 4.74 Å². The summed E-state index contributed by atoms with van der Waals surface area (Å²) in [6.45, 7) is 6.45. The molecular weight excluding hydrogens is 208 g/mol. The Hall–Kier alpha value is -2.02. The quantitative estimate of drug-likeness (QED) is 0.755. The third kappa shape index (κ3) is 2.97. The Morgan fingerprint density at radius 2 is 1.76 bits per heavy atom. The molecule has 0 amide bonds. The van der Waals surface area contributed by atoms with Gasteiger partial charge in [-0.2, -0.15) is 0 Å². The molecule has 0 atom stereocenters. The minimum Gasteiger partial charge on any atom is -0.488 e. The van der Waals surface area contributed by atoms with Crippen molar-refractivity contribution in [3.8, 4) is 5.75 Å². The van der Waals surface area contributed by atoms with Crippen LogP contribution in [0.1, 0.15) is 16.7 Å². The number of hydrogen-bond acceptors (Lipinski definition) is 1. The van der Waals surface area contributed by atoms with E-state index in [9.17, 15) is 0 Å². The van der Waals surface area contributed by atoms with E-state index in [1.165, 1.54) is 11.1 Å². The molecule has 1 nitrogen and oxygen atoms in total. The molecule has 0 saturated heterocycles. The Kier molecular flexibility index (Phi) is 3.61. The smallest absolute Gasteiger partial charge is 0.127 e. The topological polar surface area (TPSA) is 9.23 Å². The molecule has 0 aromatic heterocycles. The van der Waals surface area contributed by atoms with E-state index in [1.54, 1.807) is 0 Å². The van der Waals surface area contributed by atoms with Gasteiger partial charge in [0.2, 0.25) is 0 Å². The predicted molar refractivity (Wildman–Crippen MR) is 72.0 cm³/mol. The summed E-state index contributed by atoms with van der Waals surface area (Å²) < 4.78 is 5.78. The Morgan fingerprint density at radius 3 is 2.47 bits per heavy atom. The normalized spacial score (nSPS) is 9.94. The number of rotatable bonds is 4. The standard InChI is InChI=1S/C16H16O/c1-3-15-6-4-5-7-16(15)17-12-14-10-8-13(2)9-11-14/h3-11H,1,12H2,2H3. The van der Waals surface area contributed by atoms with Crippen LogP contribution in [0.15, 0.2) is 55.1 Å². The van der Waals surface area contributed by atoms with Gasteiger partial charge in [-0.3, -0.25) is 0 Å². The van der Waals surface area contributed by atoms with Gasteiger partial charge in [0, 0.05) is 5.56 Å². The van der Waals surface area contributed by atoms with Crippen molar-refractivity contribution in [3.63, 3.8) is 0 Å². The second kappa shape index (κ2) is 5.35. The Morgan fingerprint density at radius 1 is 1.06 bits per heavy atom. The largest absolute Gasteiger partial charge is 0.488 e. The van der Waals surface area contributed by atoms with Crippen LogP contribution in [0, 0.1) is 6.92 Å². The maximum absolute atomic E-state index is 5.78. The summed E-state index contributed by atoms with van der Waals surface area (Å²) in [6, 6.07) is 16.3. The molecule has 86 valence electrons. The zero-order valence-electron chi connectivity index (χ0n) is 10.0. The first kappa shape index (κ1) is 11.5. The Balaban J connectivity index is 2.07. The monoisotopic (exact) mass is 224 g/mol. The summed E-state index contributed by atoms with van der Waals surface area (Å²) in [5.74, 6) is 0.878. The van der Waals surface area contributed by atoms with Gasteiger partial charge in [0.25, 0.3) is 0 Å². The fourth-order valence-corrected chi connectivity index (χ4v) is 1.63. The van der Waals surface area contributed by atoms with Crippen molar-refractivity contribution >= 4 is 6.08 Å². The lowest BCUT2D eigenvalue weighted by Crippen LogP contribution is -1.96. The summed E-state index contributed by atoms with van der Waals surface area (Å²) in [5.41, 5.74) is 3.47. The number of aryl methyl sites for hydroxylation is 1. The molecule has 0 N–H and O–H groups in total. The molecule has 2 aromatic carbocycles. The highest BCUT2D eigenvalue weighted by molar-refractivity contribution is 5.55. The Bertz CT molecular complexity index is 497. The molecule has 1 heteroatoms. The first-order valence-electron chi connectivity index (χ1n) is 5.69. The molecule has 0 aliphatic heterocycles. The van der Waals surface area contributed by atoms with Crippen molar-refractivity contribution < 1.29 is 4.74 Å². The van der Waals surface area contributed by atoms with Gasteiger partial charge in [-0.25, -0.2) is 0 Å². The van der Waals surface area contributed by atoms with Crippen LogP contribution in [0.5, 0.6) is 5.75 Å². The molecule has 0 fully saturated rings. The van der Waals surface area contributed by atoms with E-state index in [0.717, 1.165) is 11.3 Å². The molecule has 0 unspecified atom stereocenters. The first-order chi connectivity index (χ1) is 8.29. The SMILES string of the molecule is C=Cc1ccccc1OCc1ccc(C)cc1. The molecule has 0 spiro atoms. The molecule has 0 radical (unpaired) electrons. The molecule has 0 bridgehead atoms. The highest BCUT2D eigenvalue weighted by atomic mass is 16.5. The van der Waals surface area contributed by atoms with E-state index < -0.39 is 0 Å². The van der Waals surface area contributed by atoms with Gasteiger partial charge in [0.05, 0.1) is 0 Å². The fourth-order valence-electron chi connectivity index (χ4n) is 1.63. The number of para-hydroxylation sites is 1. The van der Waals surface area contributed by atoms with Crippen molar-refractivity contribution in [1.29, 1.82) is 0 Å². The number of benzene rings is 2. The molecule has 0 aliphatic carbocycles. The van der Waals surface area contributed by atoms with Crippen molar-refractivity contribution in [2.45, 2.75) is 13.5 Å². The van der Waals surface area contributed by atoms with E-state index in [2.05, 4.69) is 37.8 Å². The van der Waals surface area contributed by atoms with E-state index in [4.69, 9.17) is 4.74 Å². The van der Waals surface area contributed by atoms with E-state index in [1.807, 2.05) is 30.3 Å². The van der Waals surface area contributed by atoms with E-state index >= 15 is 0 Å². The van der Waals surface area contributed by atoms with Gasteiger partial charge in [-0.1, -0.05) is 60.7 Å². The van der Waals surface area contributed by atoms with Crippen LogP contribution >= 0.6 is 0 Å².